The van der Waals surface area contributed by atoms with E-state index < -0.39 is 18.5 Å². The Balaban J connectivity index is 1.83. The van der Waals surface area contributed by atoms with E-state index in [9.17, 15) is 14.7 Å². The monoisotopic (exact) mass is 343 g/mol. The van der Waals surface area contributed by atoms with Crippen LogP contribution < -0.4 is 10.1 Å². The highest BCUT2D eigenvalue weighted by atomic mass is 16.5. The number of aromatic hydroxyl groups is 1. The average Bonchev–Trinajstić information content (AvgIpc) is 2.65. The minimum atomic E-state index is -0.789. The first kappa shape index (κ1) is 18.3. The Bertz CT molecular complexity index is 730. The summed E-state index contributed by atoms with van der Waals surface area (Å²) in [5.41, 5.74) is 1.06. The minimum absolute atomic E-state index is 0.0511. The highest BCUT2D eigenvalue weighted by Crippen LogP contribution is 2.29. The van der Waals surface area contributed by atoms with Gasteiger partial charge in [0.25, 0.3) is 5.91 Å². The van der Waals surface area contributed by atoms with Crippen LogP contribution in [0.15, 0.2) is 48.5 Å². The maximum absolute atomic E-state index is 12.0. The fourth-order valence-electron chi connectivity index (χ4n) is 2.28. The lowest BCUT2D eigenvalue weighted by Gasteiger charge is -2.13. The van der Waals surface area contributed by atoms with Crippen molar-refractivity contribution in [2.45, 2.75) is 12.8 Å². The van der Waals surface area contributed by atoms with Gasteiger partial charge in [0.15, 0.2) is 18.1 Å². The van der Waals surface area contributed by atoms with Crippen LogP contribution in [0.4, 0.5) is 0 Å². The number of benzene rings is 2. The summed E-state index contributed by atoms with van der Waals surface area (Å²) in [5, 5.41) is 12.6. The largest absolute Gasteiger partial charge is 0.504 e. The van der Waals surface area contributed by atoms with Gasteiger partial charge in [-0.05, 0) is 23.6 Å². The maximum atomic E-state index is 12.0. The van der Waals surface area contributed by atoms with Gasteiger partial charge in [-0.25, -0.2) is 4.79 Å². The standard InChI is InChI=1S/C19H21NO5/c1-13(14-7-4-3-5-8-14)11-20-17(21)12-25-19(23)15-9-6-10-16(24-2)18(15)22/h3-10,13,22H,11-12H2,1-2H3,(H,20,21). The summed E-state index contributed by atoms with van der Waals surface area (Å²) in [7, 11) is 1.38. The fourth-order valence-corrected chi connectivity index (χ4v) is 2.28. The summed E-state index contributed by atoms with van der Waals surface area (Å²) in [6, 6.07) is 14.3. The van der Waals surface area contributed by atoms with E-state index in [1.807, 2.05) is 37.3 Å². The van der Waals surface area contributed by atoms with Crippen molar-refractivity contribution in [3.05, 3.63) is 59.7 Å². The Morgan fingerprint density at radius 2 is 1.84 bits per heavy atom. The molecule has 25 heavy (non-hydrogen) atoms. The maximum Gasteiger partial charge on any atom is 0.342 e. The van der Waals surface area contributed by atoms with Crippen molar-refractivity contribution in [3.8, 4) is 11.5 Å². The molecule has 0 spiro atoms. The second-order valence-electron chi connectivity index (χ2n) is 5.55. The van der Waals surface area contributed by atoms with Gasteiger partial charge in [0, 0.05) is 6.54 Å². The van der Waals surface area contributed by atoms with Gasteiger partial charge in [-0.1, -0.05) is 43.3 Å². The molecule has 6 nitrogen and oxygen atoms in total. The molecule has 2 rings (SSSR count). The number of esters is 1. The molecule has 2 N–H and O–H groups in total. The number of carbonyl (C=O) groups is 2. The Labute approximate surface area is 146 Å². The van der Waals surface area contributed by atoms with Gasteiger partial charge in [0.2, 0.25) is 0 Å². The Hall–Kier alpha value is -3.02. The van der Waals surface area contributed by atoms with Crippen molar-refractivity contribution in [2.75, 3.05) is 20.3 Å². The lowest BCUT2D eigenvalue weighted by atomic mass is 10.0. The van der Waals surface area contributed by atoms with Crippen LogP contribution >= 0.6 is 0 Å². The first-order valence-corrected chi connectivity index (χ1v) is 7.87. The van der Waals surface area contributed by atoms with Gasteiger partial charge in [0.05, 0.1) is 7.11 Å². The third kappa shape index (κ3) is 4.97. The molecule has 0 fully saturated rings. The van der Waals surface area contributed by atoms with Crippen molar-refractivity contribution in [1.82, 2.24) is 5.32 Å². The van der Waals surface area contributed by atoms with Crippen LogP contribution in [0, 0.1) is 0 Å². The summed E-state index contributed by atoms with van der Waals surface area (Å²) in [4.78, 5) is 23.8. The molecule has 0 saturated heterocycles. The van der Waals surface area contributed by atoms with Gasteiger partial charge >= 0.3 is 5.97 Å². The second-order valence-corrected chi connectivity index (χ2v) is 5.55. The number of phenolic OH excluding ortho intramolecular Hbond substituents is 1. The lowest BCUT2D eigenvalue weighted by molar-refractivity contribution is -0.124. The molecular weight excluding hydrogens is 322 g/mol. The van der Waals surface area contributed by atoms with E-state index in [4.69, 9.17) is 9.47 Å². The van der Waals surface area contributed by atoms with Gasteiger partial charge in [-0.2, -0.15) is 0 Å². The van der Waals surface area contributed by atoms with E-state index in [2.05, 4.69) is 5.32 Å². The Morgan fingerprint density at radius 3 is 2.52 bits per heavy atom. The molecule has 2 aromatic rings. The summed E-state index contributed by atoms with van der Waals surface area (Å²) in [5.74, 6) is -1.20. The van der Waals surface area contributed by atoms with Crippen molar-refractivity contribution in [2.24, 2.45) is 0 Å². The van der Waals surface area contributed by atoms with Crippen molar-refractivity contribution in [1.29, 1.82) is 0 Å². The topological polar surface area (TPSA) is 84.9 Å². The summed E-state index contributed by atoms with van der Waals surface area (Å²) in [6.07, 6.45) is 0. The molecule has 0 aliphatic carbocycles. The van der Waals surface area contributed by atoms with Crippen LogP contribution in [0.1, 0.15) is 28.8 Å². The first-order valence-electron chi connectivity index (χ1n) is 7.87. The number of amides is 1. The van der Waals surface area contributed by atoms with Crippen LogP contribution in [0.5, 0.6) is 11.5 Å². The molecular formula is C19H21NO5. The normalized spacial score (nSPS) is 11.4. The summed E-state index contributed by atoms with van der Waals surface area (Å²) in [6.45, 7) is 2.01. The van der Waals surface area contributed by atoms with E-state index >= 15 is 0 Å². The van der Waals surface area contributed by atoms with E-state index in [1.165, 1.54) is 19.2 Å². The van der Waals surface area contributed by atoms with Gasteiger partial charge in [-0.3, -0.25) is 4.79 Å². The number of ether oxygens (including phenoxy) is 2. The predicted octanol–water partition coefficient (Wildman–Crippen LogP) is 2.48. The number of rotatable bonds is 7. The van der Waals surface area contributed by atoms with Gasteiger partial charge in [0.1, 0.15) is 5.56 Å². The average molecular weight is 343 g/mol. The number of para-hydroxylation sites is 1. The zero-order valence-corrected chi connectivity index (χ0v) is 14.2. The van der Waals surface area contributed by atoms with Crippen LogP contribution in [0.2, 0.25) is 0 Å². The predicted molar refractivity (Wildman–Crippen MR) is 92.8 cm³/mol. The number of hydrogen-bond acceptors (Lipinski definition) is 5. The van der Waals surface area contributed by atoms with E-state index in [-0.39, 0.29) is 23.0 Å². The molecule has 2 aromatic carbocycles. The number of phenols is 1. The first-order chi connectivity index (χ1) is 12.0. The molecule has 132 valence electrons. The molecule has 1 amide bonds. The Morgan fingerprint density at radius 1 is 1.12 bits per heavy atom. The van der Waals surface area contributed by atoms with Crippen LogP contribution in [0.25, 0.3) is 0 Å². The molecule has 1 atom stereocenters. The lowest BCUT2D eigenvalue weighted by Crippen LogP contribution is -2.31. The van der Waals surface area contributed by atoms with Crippen LogP contribution in [-0.4, -0.2) is 37.2 Å². The smallest absolute Gasteiger partial charge is 0.342 e. The molecule has 1 unspecified atom stereocenters. The van der Waals surface area contributed by atoms with Gasteiger partial charge < -0.3 is 19.9 Å². The van der Waals surface area contributed by atoms with E-state index in [1.54, 1.807) is 6.07 Å². The SMILES string of the molecule is COc1cccc(C(=O)OCC(=O)NCC(C)c2ccccc2)c1O. The summed E-state index contributed by atoms with van der Waals surface area (Å²) >= 11 is 0. The van der Waals surface area contributed by atoms with Crippen molar-refractivity contribution >= 4 is 11.9 Å². The molecule has 0 radical (unpaired) electrons. The summed E-state index contributed by atoms with van der Waals surface area (Å²) < 4.78 is 9.87. The molecule has 6 heteroatoms. The van der Waals surface area contributed by atoms with Crippen molar-refractivity contribution < 1.29 is 24.2 Å². The number of hydrogen-bond donors (Lipinski definition) is 2. The highest BCUT2D eigenvalue weighted by Gasteiger charge is 2.17. The molecule has 0 aromatic heterocycles. The zero-order valence-electron chi connectivity index (χ0n) is 14.2. The third-order valence-electron chi connectivity index (χ3n) is 3.75. The zero-order chi connectivity index (χ0) is 18.2. The second kappa shape index (κ2) is 8.73. The quantitative estimate of drug-likeness (QED) is 0.755. The van der Waals surface area contributed by atoms with E-state index in [0.29, 0.717) is 6.54 Å². The van der Waals surface area contributed by atoms with Crippen molar-refractivity contribution in [3.63, 3.8) is 0 Å². The molecule has 0 bridgehead atoms. The highest BCUT2D eigenvalue weighted by molar-refractivity contribution is 5.94. The number of methoxy groups -OCH3 is 1. The van der Waals surface area contributed by atoms with E-state index in [0.717, 1.165) is 5.56 Å². The Kier molecular flexibility index (Phi) is 6.39. The molecule has 0 aliphatic heterocycles. The number of nitrogens with one attached hydrogen (secondary N) is 1. The number of carbonyl (C=O) groups excluding carboxylic acids is 2. The van der Waals surface area contributed by atoms with Gasteiger partial charge in [-0.15, -0.1) is 0 Å². The van der Waals surface area contributed by atoms with Crippen LogP contribution in [0.3, 0.4) is 0 Å². The minimum Gasteiger partial charge on any atom is -0.504 e. The molecule has 0 saturated carbocycles. The molecule has 0 heterocycles. The molecule has 0 aliphatic rings. The fraction of sp³-hybridized carbons (Fsp3) is 0.263. The van der Waals surface area contributed by atoms with Crippen LogP contribution in [-0.2, 0) is 9.53 Å². The third-order valence-corrected chi connectivity index (χ3v) is 3.75.